The minimum atomic E-state index is -0.489. The molecule has 0 bridgehead atoms. The number of hydrogen-bond donors (Lipinski definition) is 2. The van der Waals surface area contributed by atoms with E-state index in [0.717, 1.165) is 18.7 Å². The summed E-state index contributed by atoms with van der Waals surface area (Å²) in [7, 11) is 1.97. The fourth-order valence-electron chi connectivity index (χ4n) is 3.37. The van der Waals surface area contributed by atoms with E-state index in [2.05, 4.69) is 15.6 Å². The van der Waals surface area contributed by atoms with Gasteiger partial charge < -0.3 is 24.7 Å². The zero-order valence-electron chi connectivity index (χ0n) is 14.2. The van der Waals surface area contributed by atoms with Crippen molar-refractivity contribution >= 4 is 6.09 Å². The van der Waals surface area contributed by atoms with Crippen molar-refractivity contribution in [3.8, 4) is 0 Å². The molecule has 0 aromatic carbocycles. The first-order chi connectivity index (χ1) is 10.8. The Hall–Kier alpha value is -1.60. The molecule has 2 fully saturated rings. The highest BCUT2D eigenvalue weighted by atomic mass is 16.6. The largest absolute Gasteiger partial charge is 0.444 e. The van der Waals surface area contributed by atoms with Gasteiger partial charge in [0.25, 0.3) is 0 Å². The summed E-state index contributed by atoms with van der Waals surface area (Å²) < 4.78 is 13.2. The minimum Gasteiger partial charge on any atom is -0.444 e. The third-order valence-electron chi connectivity index (χ3n) is 4.50. The Labute approximate surface area is 136 Å². The maximum atomic E-state index is 12.1. The number of fused-ring (bicyclic) bond motifs is 1. The van der Waals surface area contributed by atoms with Crippen molar-refractivity contribution in [1.82, 2.24) is 20.2 Å². The standard InChI is InChI=1S/C16H26N4O3/c1-16(2,3)23-15(21)19-12-11-5-6-22-14(11)13(12)18-8-10-7-17-9-20(10)4/h7,9,11-14,18H,5-6,8H2,1-4H3,(H,19,21). The van der Waals surface area contributed by atoms with Crippen LogP contribution in [0, 0.1) is 5.92 Å². The molecule has 1 aromatic heterocycles. The Morgan fingerprint density at radius 1 is 1.48 bits per heavy atom. The van der Waals surface area contributed by atoms with E-state index >= 15 is 0 Å². The van der Waals surface area contributed by atoms with Crippen molar-refractivity contribution in [3.05, 3.63) is 18.2 Å². The number of carbonyl (C=O) groups excluding carboxylic acids is 1. The van der Waals surface area contributed by atoms with Gasteiger partial charge >= 0.3 is 6.09 Å². The topological polar surface area (TPSA) is 77.4 Å². The van der Waals surface area contributed by atoms with Crippen molar-refractivity contribution < 1.29 is 14.3 Å². The quantitative estimate of drug-likeness (QED) is 0.871. The van der Waals surface area contributed by atoms with Crippen LogP contribution in [0.25, 0.3) is 0 Å². The Balaban J connectivity index is 1.59. The molecule has 128 valence electrons. The second kappa shape index (κ2) is 6.13. The molecule has 1 amide bonds. The fraction of sp³-hybridized carbons (Fsp3) is 0.750. The summed E-state index contributed by atoms with van der Waals surface area (Å²) in [6.45, 7) is 7.05. The lowest BCUT2D eigenvalue weighted by molar-refractivity contribution is -0.0345. The van der Waals surface area contributed by atoms with E-state index in [9.17, 15) is 4.79 Å². The molecule has 1 saturated carbocycles. The van der Waals surface area contributed by atoms with Crippen molar-refractivity contribution in [2.45, 2.75) is 57.5 Å². The number of rotatable bonds is 4. The first kappa shape index (κ1) is 16.3. The van der Waals surface area contributed by atoms with Gasteiger partial charge in [0.05, 0.1) is 30.2 Å². The van der Waals surface area contributed by atoms with Gasteiger partial charge in [-0.25, -0.2) is 9.78 Å². The first-order valence-corrected chi connectivity index (χ1v) is 8.15. The predicted molar refractivity (Wildman–Crippen MR) is 84.8 cm³/mol. The van der Waals surface area contributed by atoms with Gasteiger partial charge in [-0.15, -0.1) is 0 Å². The van der Waals surface area contributed by atoms with Crippen LogP contribution in [0.15, 0.2) is 12.5 Å². The Morgan fingerprint density at radius 2 is 2.26 bits per heavy atom. The molecule has 4 atom stereocenters. The fourth-order valence-corrected chi connectivity index (χ4v) is 3.37. The van der Waals surface area contributed by atoms with Gasteiger partial charge in [0.1, 0.15) is 5.60 Å². The van der Waals surface area contributed by atoms with Crippen molar-refractivity contribution in [2.24, 2.45) is 13.0 Å². The molecule has 7 heteroatoms. The molecule has 7 nitrogen and oxygen atoms in total. The number of alkyl carbamates (subject to hydrolysis) is 1. The number of ether oxygens (including phenoxy) is 2. The molecule has 2 heterocycles. The molecule has 0 radical (unpaired) electrons. The van der Waals surface area contributed by atoms with E-state index in [-0.39, 0.29) is 24.3 Å². The van der Waals surface area contributed by atoms with Gasteiger partial charge in [-0.05, 0) is 27.2 Å². The average Bonchev–Trinajstić information content (AvgIpc) is 3.02. The van der Waals surface area contributed by atoms with Crippen LogP contribution >= 0.6 is 0 Å². The number of aromatic nitrogens is 2. The summed E-state index contributed by atoms with van der Waals surface area (Å²) in [5.41, 5.74) is 0.610. The van der Waals surface area contributed by atoms with Crippen molar-refractivity contribution in [2.75, 3.05) is 6.61 Å². The van der Waals surface area contributed by atoms with Crippen molar-refractivity contribution in [1.29, 1.82) is 0 Å². The summed E-state index contributed by atoms with van der Waals surface area (Å²) in [4.78, 5) is 16.2. The van der Waals surface area contributed by atoms with Gasteiger partial charge in [0, 0.05) is 32.3 Å². The number of imidazole rings is 1. The van der Waals surface area contributed by atoms with Gasteiger partial charge in [-0.1, -0.05) is 0 Å². The Bertz CT molecular complexity index is 566. The molecule has 3 rings (SSSR count). The molecular formula is C16H26N4O3. The predicted octanol–water partition coefficient (Wildman–Crippen LogP) is 1.19. The summed E-state index contributed by atoms with van der Waals surface area (Å²) >= 11 is 0. The summed E-state index contributed by atoms with van der Waals surface area (Å²) in [6.07, 6.45) is 4.41. The maximum Gasteiger partial charge on any atom is 0.407 e. The van der Waals surface area contributed by atoms with Crippen LogP contribution in [0.4, 0.5) is 4.79 Å². The number of nitrogens with zero attached hydrogens (tertiary/aromatic N) is 2. The molecule has 1 aliphatic carbocycles. The number of hydrogen-bond acceptors (Lipinski definition) is 5. The van der Waals surface area contributed by atoms with Crippen LogP contribution in [0.5, 0.6) is 0 Å². The van der Waals surface area contributed by atoms with Gasteiger partial charge in [-0.3, -0.25) is 0 Å². The SMILES string of the molecule is Cn1cncc1CNC1C(NC(=O)OC(C)(C)C)C2CCOC21. The smallest absolute Gasteiger partial charge is 0.407 e. The van der Waals surface area contributed by atoms with E-state index in [1.807, 2.05) is 38.6 Å². The van der Waals surface area contributed by atoms with Crippen LogP contribution in [-0.4, -0.2) is 46.0 Å². The number of aryl methyl sites for hydroxylation is 1. The van der Waals surface area contributed by atoms with E-state index in [1.165, 1.54) is 0 Å². The molecule has 1 aromatic rings. The lowest BCUT2D eigenvalue weighted by Crippen LogP contribution is -2.70. The normalized spacial score (nSPS) is 29.7. The average molecular weight is 322 g/mol. The molecule has 2 aliphatic rings. The molecule has 2 N–H and O–H groups in total. The zero-order valence-corrected chi connectivity index (χ0v) is 14.2. The molecule has 0 spiro atoms. The molecule has 23 heavy (non-hydrogen) atoms. The first-order valence-electron chi connectivity index (χ1n) is 8.15. The monoisotopic (exact) mass is 322 g/mol. The summed E-state index contributed by atoms with van der Waals surface area (Å²) in [5, 5.41) is 6.51. The third kappa shape index (κ3) is 3.50. The van der Waals surface area contributed by atoms with Gasteiger partial charge in [-0.2, -0.15) is 0 Å². The molecular weight excluding hydrogens is 296 g/mol. The van der Waals surface area contributed by atoms with Crippen LogP contribution in [0.1, 0.15) is 32.9 Å². The van der Waals surface area contributed by atoms with Crippen LogP contribution in [-0.2, 0) is 23.1 Å². The summed E-state index contributed by atoms with van der Waals surface area (Å²) in [5.74, 6) is 0.367. The lowest BCUT2D eigenvalue weighted by Gasteiger charge is -2.48. The molecule has 1 aliphatic heterocycles. The highest BCUT2D eigenvalue weighted by molar-refractivity contribution is 5.68. The summed E-state index contributed by atoms with van der Waals surface area (Å²) in [6, 6.07) is 0.149. The second-order valence-corrected chi connectivity index (χ2v) is 7.36. The molecule has 1 saturated heterocycles. The van der Waals surface area contributed by atoms with Crippen LogP contribution < -0.4 is 10.6 Å². The highest BCUT2D eigenvalue weighted by Gasteiger charge is 2.54. The van der Waals surface area contributed by atoms with Crippen LogP contribution in [0.3, 0.4) is 0 Å². The van der Waals surface area contributed by atoms with E-state index in [4.69, 9.17) is 9.47 Å². The third-order valence-corrected chi connectivity index (χ3v) is 4.50. The minimum absolute atomic E-state index is 0.0468. The highest BCUT2D eigenvalue weighted by Crippen LogP contribution is 2.39. The number of nitrogens with one attached hydrogen (secondary N) is 2. The maximum absolute atomic E-state index is 12.1. The Kier molecular flexibility index (Phi) is 4.33. The number of amides is 1. The van der Waals surface area contributed by atoms with Gasteiger partial charge in [0.15, 0.2) is 0 Å². The van der Waals surface area contributed by atoms with Gasteiger partial charge in [0.2, 0.25) is 0 Å². The Morgan fingerprint density at radius 3 is 2.91 bits per heavy atom. The van der Waals surface area contributed by atoms with E-state index in [0.29, 0.717) is 12.5 Å². The van der Waals surface area contributed by atoms with E-state index in [1.54, 1.807) is 6.33 Å². The molecule has 4 unspecified atom stereocenters. The van der Waals surface area contributed by atoms with E-state index < -0.39 is 5.60 Å². The lowest BCUT2D eigenvalue weighted by atomic mass is 9.71. The van der Waals surface area contributed by atoms with Crippen molar-refractivity contribution in [3.63, 3.8) is 0 Å². The van der Waals surface area contributed by atoms with Crippen LogP contribution in [0.2, 0.25) is 0 Å². The number of carbonyl (C=O) groups is 1. The zero-order chi connectivity index (χ0) is 16.6. The second-order valence-electron chi connectivity index (χ2n) is 7.36.